The molecular weight excluding hydrogens is 370 g/mol. The van der Waals surface area contributed by atoms with Gasteiger partial charge in [0.05, 0.1) is 11.7 Å². The fourth-order valence-electron chi connectivity index (χ4n) is 6.80. The third-order valence-corrected chi connectivity index (χ3v) is 8.51. The third-order valence-electron chi connectivity index (χ3n) is 8.51. The van der Waals surface area contributed by atoms with Crippen LogP contribution in [-0.4, -0.2) is 28.0 Å². The SMILES string of the molecule is C=C1/C(=C\C=C2/CCC[C@]3(C)[C@@H]([C@H](C)CCCC(C)(C)O)CC[C@@H]23)C[C@@H](O)C[C@@H]1N. The molecule has 3 rings (SSSR count). The van der Waals surface area contributed by atoms with Crippen LogP contribution in [0.3, 0.4) is 0 Å². The third kappa shape index (κ3) is 5.29. The maximum absolute atomic E-state index is 10.1. The van der Waals surface area contributed by atoms with Gasteiger partial charge in [-0.3, -0.25) is 0 Å². The monoisotopic (exact) mass is 415 g/mol. The highest BCUT2D eigenvalue weighted by atomic mass is 16.3. The van der Waals surface area contributed by atoms with Crippen LogP contribution in [0.4, 0.5) is 0 Å². The first-order valence-electron chi connectivity index (χ1n) is 12.3. The van der Waals surface area contributed by atoms with Gasteiger partial charge in [0, 0.05) is 6.04 Å². The molecule has 0 aromatic carbocycles. The van der Waals surface area contributed by atoms with E-state index in [-0.39, 0.29) is 12.1 Å². The van der Waals surface area contributed by atoms with Gasteiger partial charge in [0.2, 0.25) is 0 Å². The predicted octanol–water partition coefficient (Wildman–Crippen LogP) is 5.67. The summed E-state index contributed by atoms with van der Waals surface area (Å²) in [5.74, 6) is 2.17. The normalized spacial score (nSPS) is 38.8. The lowest BCUT2D eigenvalue weighted by Gasteiger charge is -2.44. The Kier molecular flexibility index (Phi) is 7.37. The lowest BCUT2D eigenvalue weighted by molar-refractivity contribution is 0.0596. The molecule has 6 atom stereocenters. The number of allylic oxidation sites excluding steroid dienone is 3. The number of fused-ring (bicyclic) bond motifs is 1. The summed E-state index contributed by atoms with van der Waals surface area (Å²) in [5.41, 5.74) is 9.74. The van der Waals surface area contributed by atoms with Gasteiger partial charge in [-0.05, 0) is 99.5 Å². The summed E-state index contributed by atoms with van der Waals surface area (Å²) in [6.07, 6.45) is 15.2. The molecule has 0 aliphatic heterocycles. The van der Waals surface area contributed by atoms with E-state index in [0.717, 1.165) is 29.9 Å². The molecule has 30 heavy (non-hydrogen) atoms. The van der Waals surface area contributed by atoms with Gasteiger partial charge in [0.15, 0.2) is 0 Å². The first-order chi connectivity index (χ1) is 14.0. The Bertz CT molecular complexity index is 685. The average Bonchev–Trinajstić information content (AvgIpc) is 3.00. The Morgan fingerprint density at radius 3 is 2.73 bits per heavy atom. The van der Waals surface area contributed by atoms with Gasteiger partial charge in [-0.1, -0.05) is 51.0 Å². The van der Waals surface area contributed by atoms with Crippen LogP contribution in [0.15, 0.2) is 35.5 Å². The van der Waals surface area contributed by atoms with Gasteiger partial charge in [-0.15, -0.1) is 0 Å². The topological polar surface area (TPSA) is 66.5 Å². The van der Waals surface area contributed by atoms with Crippen LogP contribution in [0.25, 0.3) is 0 Å². The van der Waals surface area contributed by atoms with Crippen LogP contribution < -0.4 is 5.73 Å². The summed E-state index contributed by atoms with van der Waals surface area (Å²) in [6.45, 7) is 13.0. The van der Waals surface area contributed by atoms with Gasteiger partial charge in [-0.25, -0.2) is 0 Å². The largest absolute Gasteiger partial charge is 0.393 e. The number of nitrogens with two attached hydrogens (primary N) is 1. The lowest BCUT2D eigenvalue weighted by atomic mass is 9.60. The number of hydrogen-bond donors (Lipinski definition) is 3. The maximum atomic E-state index is 10.1. The molecule has 4 N–H and O–H groups in total. The van der Waals surface area contributed by atoms with Crippen molar-refractivity contribution in [1.29, 1.82) is 0 Å². The van der Waals surface area contributed by atoms with Crippen molar-refractivity contribution in [1.82, 2.24) is 0 Å². The molecule has 0 unspecified atom stereocenters. The van der Waals surface area contributed by atoms with Crippen LogP contribution in [0, 0.1) is 23.2 Å². The minimum atomic E-state index is -0.546. The Morgan fingerprint density at radius 2 is 2.03 bits per heavy atom. The Morgan fingerprint density at radius 1 is 1.30 bits per heavy atom. The number of aliphatic hydroxyl groups excluding tert-OH is 1. The first-order valence-corrected chi connectivity index (χ1v) is 12.3. The molecule has 0 radical (unpaired) electrons. The average molecular weight is 416 g/mol. The second-order valence-electron chi connectivity index (χ2n) is 11.4. The minimum Gasteiger partial charge on any atom is -0.393 e. The van der Waals surface area contributed by atoms with Crippen molar-refractivity contribution in [3.05, 3.63) is 35.5 Å². The van der Waals surface area contributed by atoms with Crippen molar-refractivity contribution in [3.63, 3.8) is 0 Å². The summed E-state index contributed by atoms with van der Waals surface area (Å²) < 4.78 is 0. The van der Waals surface area contributed by atoms with E-state index >= 15 is 0 Å². The van der Waals surface area contributed by atoms with E-state index in [1.165, 1.54) is 38.5 Å². The molecule has 170 valence electrons. The zero-order chi connectivity index (χ0) is 22.1. The summed E-state index contributed by atoms with van der Waals surface area (Å²) in [6, 6.07) is -0.115. The van der Waals surface area contributed by atoms with Gasteiger partial charge in [-0.2, -0.15) is 0 Å². The quantitative estimate of drug-likeness (QED) is 0.523. The predicted molar refractivity (Wildman–Crippen MR) is 126 cm³/mol. The summed E-state index contributed by atoms with van der Waals surface area (Å²) in [7, 11) is 0. The molecule has 0 saturated heterocycles. The Labute approximate surface area is 184 Å². The van der Waals surface area contributed by atoms with Gasteiger partial charge in [0.25, 0.3) is 0 Å². The second-order valence-corrected chi connectivity index (χ2v) is 11.4. The highest BCUT2D eigenvalue weighted by Gasteiger charge is 2.50. The Balaban J connectivity index is 1.70. The molecule has 3 aliphatic rings. The molecule has 3 fully saturated rings. The van der Waals surface area contributed by atoms with E-state index in [2.05, 4.69) is 32.6 Å². The molecule has 3 aliphatic carbocycles. The highest BCUT2D eigenvalue weighted by molar-refractivity contribution is 5.39. The van der Waals surface area contributed by atoms with Crippen molar-refractivity contribution >= 4 is 0 Å². The van der Waals surface area contributed by atoms with Crippen LogP contribution in [0.1, 0.15) is 91.9 Å². The fourth-order valence-corrected chi connectivity index (χ4v) is 6.80. The zero-order valence-corrected chi connectivity index (χ0v) is 19.8. The highest BCUT2D eigenvalue weighted by Crippen LogP contribution is 2.60. The standard InChI is InChI=1S/C27H45NO2/c1-18(8-6-14-26(3,4)30)23-12-13-24-20(9-7-15-27(23,24)5)10-11-21-16-22(29)17-25(28)19(21)2/h10-11,18,22-25,29-30H,2,6-9,12-17,28H2,1,3-5H3/b20-10+,21-11-/t18-,22-,23-,24+,25+,27-/m1/s1. The minimum absolute atomic E-state index is 0.115. The van der Waals surface area contributed by atoms with Crippen LogP contribution in [0.2, 0.25) is 0 Å². The van der Waals surface area contributed by atoms with Crippen LogP contribution in [0.5, 0.6) is 0 Å². The smallest absolute Gasteiger partial charge is 0.0598 e. The Hall–Kier alpha value is -0.900. The van der Waals surface area contributed by atoms with Gasteiger partial charge < -0.3 is 15.9 Å². The summed E-state index contributed by atoms with van der Waals surface area (Å²) >= 11 is 0. The van der Waals surface area contributed by atoms with Gasteiger partial charge in [0.1, 0.15) is 0 Å². The maximum Gasteiger partial charge on any atom is 0.0598 e. The van der Waals surface area contributed by atoms with Crippen LogP contribution >= 0.6 is 0 Å². The molecule has 0 bridgehead atoms. The van der Waals surface area contributed by atoms with E-state index in [1.807, 2.05) is 13.8 Å². The molecule has 0 heterocycles. The molecule has 0 aromatic rings. The van der Waals surface area contributed by atoms with Gasteiger partial charge >= 0.3 is 0 Å². The first kappa shape index (κ1) is 23.8. The van der Waals surface area contributed by atoms with E-state index in [4.69, 9.17) is 5.73 Å². The van der Waals surface area contributed by atoms with Crippen molar-refractivity contribution in [2.45, 2.75) is 110 Å². The molecule has 3 nitrogen and oxygen atoms in total. The lowest BCUT2D eigenvalue weighted by Crippen LogP contribution is -2.36. The molecule has 0 amide bonds. The molecule has 0 aromatic heterocycles. The van der Waals surface area contributed by atoms with Crippen molar-refractivity contribution in [2.75, 3.05) is 0 Å². The number of hydrogen-bond acceptors (Lipinski definition) is 3. The zero-order valence-electron chi connectivity index (χ0n) is 19.8. The fraction of sp³-hybridized carbons (Fsp3) is 0.778. The van der Waals surface area contributed by atoms with Crippen molar-refractivity contribution in [2.24, 2.45) is 28.9 Å². The van der Waals surface area contributed by atoms with Crippen LogP contribution in [-0.2, 0) is 0 Å². The second kappa shape index (κ2) is 9.30. The number of aliphatic hydroxyl groups is 2. The summed E-state index contributed by atoms with van der Waals surface area (Å²) in [5, 5.41) is 20.2. The molecule has 3 heteroatoms. The van der Waals surface area contributed by atoms with E-state index in [1.54, 1.807) is 5.57 Å². The number of rotatable bonds is 6. The van der Waals surface area contributed by atoms with Crippen molar-refractivity contribution < 1.29 is 10.2 Å². The molecular formula is C27H45NO2. The molecule has 0 spiro atoms. The summed E-state index contributed by atoms with van der Waals surface area (Å²) in [4.78, 5) is 0. The van der Waals surface area contributed by atoms with E-state index < -0.39 is 5.60 Å². The van der Waals surface area contributed by atoms with Crippen molar-refractivity contribution in [3.8, 4) is 0 Å². The van der Waals surface area contributed by atoms with E-state index in [9.17, 15) is 10.2 Å². The molecule has 3 saturated carbocycles. The van der Waals surface area contributed by atoms with E-state index in [0.29, 0.717) is 30.1 Å².